The predicted molar refractivity (Wildman–Crippen MR) is 149 cm³/mol. The lowest BCUT2D eigenvalue weighted by Gasteiger charge is -2.47. The number of ether oxygens (including phenoxy) is 2. The SMILES string of the molecule is CC(C)NC(c1ccc(NC2NN([C@]3(CC#N)CC[C@@H](C(=O)OC(C)(C)C)OC3)C3CCNC(=O)C23)cc1)C(F)(F)F. The number of rotatable bonds is 8. The molecule has 0 aromatic heterocycles. The van der Waals surface area contributed by atoms with Gasteiger partial charge < -0.3 is 25.4 Å². The third-order valence-electron chi connectivity index (χ3n) is 7.83. The van der Waals surface area contributed by atoms with Crippen LogP contribution in [0.25, 0.3) is 0 Å². The highest BCUT2D eigenvalue weighted by molar-refractivity contribution is 5.82. The molecule has 6 atom stereocenters. The van der Waals surface area contributed by atoms with Crippen molar-refractivity contribution in [1.29, 1.82) is 5.26 Å². The zero-order valence-corrected chi connectivity index (χ0v) is 24.7. The Morgan fingerprint density at radius 1 is 1.24 bits per heavy atom. The molecule has 1 aromatic carbocycles. The molecular formula is C29H41F3N6O4. The lowest BCUT2D eigenvalue weighted by atomic mass is 9.83. The minimum absolute atomic E-state index is 0.0860. The zero-order chi connectivity index (χ0) is 30.9. The summed E-state index contributed by atoms with van der Waals surface area (Å²) in [6.45, 7) is 9.23. The van der Waals surface area contributed by atoms with Gasteiger partial charge in [0.25, 0.3) is 0 Å². The molecule has 3 aliphatic heterocycles. The molecule has 0 saturated carbocycles. The van der Waals surface area contributed by atoms with Crippen molar-refractivity contribution in [2.75, 3.05) is 18.5 Å². The normalized spacial score (nSPS) is 29.4. The van der Waals surface area contributed by atoms with Crippen molar-refractivity contribution in [3.63, 3.8) is 0 Å². The summed E-state index contributed by atoms with van der Waals surface area (Å²) in [5.74, 6) is -1.15. The number of nitrogens with one attached hydrogen (secondary N) is 4. The molecule has 3 heterocycles. The summed E-state index contributed by atoms with van der Waals surface area (Å²) >= 11 is 0. The Hall–Kier alpha value is -2.92. The van der Waals surface area contributed by atoms with E-state index < -0.39 is 47.5 Å². The van der Waals surface area contributed by atoms with Crippen LogP contribution in [0.3, 0.4) is 0 Å². The van der Waals surface area contributed by atoms with Gasteiger partial charge in [0.1, 0.15) is 17.8 Å². The number of alkyl halides is 3. The van der Waals surface area contributed by atoms with Crippen molar-refractivity contribution in [1.82, 2.24) is 21.1 Å². The van der Waals surface area contributed by atoms with Crippen LogP contribution in [0.1, 0.15) is 71.9 Å². The molecule has 3 saturated heterocycles. The van der Waals surface area contributed by atoms with Gasteiger partial charge in [0.05, 0.1) is 30.6 Å². The van der Waals surface area contributed by atoms with E-state index in [2.05, 4.69) is 27.4 Å². The van der Waals surface area contributed by atoms with Crippen LogP contribution in [-0.4, -0.2) is 71.7 Å². The molecule has 42 heavy (non-hydrogen) atoms. The molecular weight excluding hydrogens is 553 g/mol. The summed E-state index contributed by atoms with van der Waals surface area (Å²) in [5, 5.41) is 20.5. The van der Waals surface area contributed by atoms with Gasteiger partial charge in [-0.3, -0.25) is 4.79 Å². The van der Waals surface area contributed by atoms with Gasteiger partial charge in [-0.25, -0.2) is 15.2 Å². The number of benzene rings is 1. The largest absolute Gasteiger partial charge is 0.458 e. The Balaban J connectivity index is 1.53. The first-order chi connectivity index (χ1) is 19.6. The van der Waals surface area contributed by atoms with E-state index in [1.54, 1.807) is 46.8 Å². The molecule has 10 nitrogen and oxygen atoms in total. The van der Waals surface area contributed by atoms with Gasteiger partial charge in [-0.1, -0.05) is 26.0 Å². The van der Waals surface area contributed by atoms with Crippen LogP contribution >= 0.6 is 0 Å². The van der Waals surface area contributed by atoms with Crippen LogP contribution in [0, 0.1) is 17.2 Å². The van der Waals surface area contributed by atoms with Gasteiger partial charge in [-0.05, 0) is 57.7 Å². The maximum atomic E-state index is 13.7. The monoisotopic (exact) mass is 594 g/mol. The number of carbonyl (C=O) groups excluding carboxylic acids is 2. The molecule has 0 spiro atoms. The average molecular weight is 595 g/mol. The fourth-order valence-electron chi connectivity index (χ4n) is 6.01. The molecule has 4 N–H and O–H groups in total. The van der Waals surface area contributed by atoms with Crippen LogP contribution in [0.15, 0.2) is 24.3 Å². The van der Waals surface area contributed by atoms with Crippen molar-refractivity contribution in [3.05, 3.63) is 29.8 Å². The number of piperidine rings is 1. The quantitative estimate of drug-likeness (QED) is 0.334. The Morgan fingerprint density at radius 2 is 1.93 bits per heavy atom. The molecule has 0 bridgehead atoms. The molecule has 3 fully saturated rings. The minimum Gasteiger partial charge on any atom is -0.458 e. The van der Waals surface area contributed by atoms with Crippen LogP contribution in [-0.2, 0) is 19.1 Å². The molecule has 4 rings (SSSR count). The second-order valence-electron chi connectivity index (χ2n) is 12.6. The Bertz CT molecular complexity index is 1160. The van der Waals surface area contributed by atoms with Crippen LogP contribution in [0.5, 0.6) is 0 Å². The Morgan fingerprint density at radius 3 is 2.48 bits per heavy atom. The molecule has 3 aliphatic rings. The maximum absolute atomic E-state index is 13.7. The Labute approximate surface area is 244 Å². The number of nitriles is 1. The third-order valence-corrected chi connectivity index (χ3v) is 7.83. The number of carbonyl (C=O) groups is 2. The number of hydrogen-bond donors (Lipinski definition) is 4. The second kappa shape index (κ2) is 12.4. The molecule has 1 aromatic rings. The minimum atomic E-state index is -4.46. The van der Waals surface area contributed by atoms with Crippen molar-refractivity contribution < 1.29 is 32.2 Å². The Kier molecular flexibility index (Phi) is 9.42. The van der Waals surface area contributed by atoms with E-state index in [4.69, 9.17) is 9.47 Å². The fourth-order valence-corrected chi connectivity index (χ4v) is 6.01. The maximum Gasteiger partial charge on any atom is 0.407 e. The second-order valence-corrected chi connectivity index (χ2v) is 12.6. The summed E-state index contributed by atoms with van der Waals surface area (Å²) in [7, 11) is 0. The summed E-state index contributed by atoms with van der Waals surface area (Å²) in [6, 6.07) is 5.79. The number of halogens is 3. The number of hydrazine groups is 1. The van der Waals surface area contributed by atoms with E-state index in [1.807, 2.05) is 5.01 Å². The summed E-state index contributed by atoms with van der Waals surface area (Å²) in [6.07, 6.45) is -4.25. The van der Waals surface area contributed by atoms with Crippen molar-refractivity contribution in [3.8, 4) is 6.07 Å². The zero-order valence-electron chi connectivity index (χ0n) is 24.7. The van der Waals surface area contributed by atoms with Crippen LogP contribution in [0.4, 0.5) is 18.9 Å². The number of esters is 1. The summed E-state index contributed by atoms with van der Waals surface area (Å²) < 4.78 is 52.5. The van der Waals surface area contributed by atoms with Gasteiger partial charge in [-0.15, -0.1) is 0 Å². The van der Waals surface area contributed by atoms with Crippen LogP contribution < -0.4 is 21.4 Å². The first-order valence-electron chi connectivity index (χ1n) is 14.4. The standard InChI is InChI=1S/C29H41F3N6O4/c1-17(2)35-23(29(30,31)32)18-6-8-19(9-7-18)36-24-22-20(11-15-34-25(22)39)38(37-24)28(13-14-33)12-10-21(41-16-28)26(40)42-27(3,4)5/h6-9,17,20-24,35-37H,10-13,15-16H2,1-5H3,(H,34,39)/t20?,21-,22?,23?,24?,28-/m0/s1. The van der Waals surface area contributed by atoms with E-state index >= 15 is 0 Å². The van der Waals surface area contributed by atoms with Crippen molar-refractivity contribution in [2.45, 2.75) is 108 Å². The van der Waals surface area contributed by atoms with Gasteiger partial charge in [0.2, 0.25) is 5.91 Å². The first-order valence-corrected chi connectivity index (χ1v) is 14.4. The molecule has 13 heteroatoms. The lowest BCUT2D eigenvalue weighted by molar-refractivity contribution is -0.180. The van der Waals surface area contributed by atoms with Gasteiger partial charge >= 0.3 is 12.1 Å². The first kappa shape index (κ1) is 32.0. The van der Waals surface area contributed by atoms with E-state index in [0.717, 1.165) is 0 Å². The van der Waals surface area contributed by atoms with Gasteiger partial charge in [0, 0.05) is 24.3 Å². The molecule has 232 valence electrons. The molecule has 4 unspecified atom stereocenters. The van der Waals surface area contributed by atoms with Gasteiger partial charge in [-0.2, -0.15) is 18.4 Å². The number of anilines is 1. The summed E-state index contributed by atoms with van der Waals surface area (Å²) in [5.41, 5.74) is 2.58. The third kappa shape index (κ3) is 7.16. The molecule has 0 radical (unpaired) electrons. The number of fused-ring (bicyclic) bond motifs is 1. The van der Waals surface area contributed by atoms with Crippen molar-refractivity contribution in [2.24, 2.45) is 5.92 Å². The highest BCUT2D eigenvalue weighted by atomic mass is 19.4. The highest BCUT2D eigenvalue weighted by Gasteiger charge is 2.56. The smallest absolute Gasteiger partial charge is 0.407 e. The van der Waals surface area contributed by atoms with E-state index in [0.29, 0.717) is 31.5 Å². The van der Waals surface area contributed by atoms with Crippen LogP contribution in [0.2, 0.25) is 0 Å². The number of hydrogen-bond acceptors (Lipinski definition) is 9. The fraction of sp³-hybridized carbons (Fsp3) is 0.690. The molecule has 1 amide bonds. The van der Waals surface area contributed by atoms with Crippen molar-refractivity contribution >= 4 is 17.6 Å². The van der Waals surface area contributed by atoms with E-state index in [9.17, 15) is 28.0 Å². The predicted octanol–water partition coefficient (Wildman–Crippen LogP) is 3.52. The van der Waals surface area contributed by atoms with Gasteiger partial charge in [0.15, 0.2) is 6.10 Å². The summed E-state index contributed by atoms with van der Waals surface area (Å²) in [4.78, 5) is 25.7. The van der Waals surface area contributed by atoms with E-state index in [1.165, 1.54) is 12.1 Å². The lowest BCUT2D eigenvalue weighted by Crippen LogP contribution is -2.63. The average Bonchev–Trinajstić information content (AvgIpc) is 3.27. The number of nitrogens with zero attached hydrogens (tertiary/aromatic N) is 2. The topological polar surface area (TPSA) is 128 Å². The number of amides is 1. The van der Waals surface area contributed by atoms with E-state index in [-0.39, 0.29) is 36.6 Å². The highest BCUT2D eigenvalue weighted by Crippen LogP contribution is 2.40. The molecule has 0 aliphatic carbocycles.